The second-order valence-corrected chi connectivity index (χ2v) is 10.9. The SMILES string of the molecule is CC(C)(C)[Si](C)(C)OC/C=C/CC/C=C/CCl. The predicted molar refractivity (Wildman–Crippen MR) is 81.4 cm³/mol. The molecule has 0 aromatic heterocycles. The maximum absolute atomic E-state index is 6.03. The molecule has 0 aliphatic heterocycles. The van der Waals surface area contributed by atoms with Crippen LogP contribution in [-0.2, 0) is 4.43 Å². The Labute approximate surface area is 113 Å². The Kier molecular flexibility index (Phi) is 8.09. The van der Waals surface area contributed by atoms with Crippen molar-refractivity contribution in [2.24, 2.45) is 0 Å². The summed E-state index contributed by atoms with van der Waals surface area (Å²) in [5.74, 6) is 0.609. The van der Waals surface area contributed by atoms with Gasteiger partial charge < -0.3 is 4.43 Å². The van der Waals surface area contributed by atoms with E-state index >= 15 is 0 Å². The van der Waals surface area contributed by atoms with Gasteiger partial charge in [0, 0.05) is 5.88 Å². The molecule has 0 spiro atoms. The van der Waals surface area contributed by atoms with Crippen LogP contribution in [0.25, 0.3) is 0 Å². The van der Waals surface area contributed by atoms with Crippen LogP contribution in [-0.4, -0.2) is 20.8 Å². The summed E-state index contributed by atoms with van der Waals surface area (Å²) in [6, 6.07) is 0. The smallest absolute Gasteiger partial charge is 0.192 e. The molecule has 0 saturated heterocycles. The van der Waals surface area contributed by atoms with Crippen molar-refractivity contribution in [3.63, 3.8) is 0 Å². The molecule has 0 saturated carbocycles. The molecule has 3 heteroatoms. The van der Waals surface area contributed by atoms with Crippen molar-refractivity contribution in [3.05, 3.63) is 24.3 Å². The molecule has 0 heterocycles. The Morgan fingerprint density at radius 2 is 1.53 bits per heavy atom. The van der Waals surface area contributed by atoms with Gasteiger partial charge in [0.15, 0.2) is 8.32 Å². The van der Waals surface area contributed by atoms with E-state index in [0.717, 1.165) is 19.4 Å². The molecule has 17 heavy (non-hydrogen) atoms. The van der Waals surface area contributed by atoms with Crippen LogP contribution in [0.5, 0.6) is 0 Å². The molecule has 0 amide bonds. The first kappa shape index (κ1) is 16.9. The molecule has 1 nitrogen and oxygen atoms in total. The van der Waals surface area contributed by atoms with Gasteiger partial charge in [0.25, 0.3) is 0 Å². The molecule has 0 unspecified atom stereocenters. The highest BCUT2D eigenvalue weighted by Crippen LogP contribution is 2.36. The van der Waals surface area contributed by atoms with Gasteiger partial charge in [0.05, 0.1) is 6.61 Å². The number of hydrogen-bond donors (Lipinski definition) is 0. The summed E-state index contributed by atoms with van der Waals surface area (Å²) in [6.45, 7) is 12.1. The van der Waals surface area contributed by atoms with Gasteiger partial charge in [0.2, 0.25) is 0 Å². The number of unbranched alkanes of at least 4 members (excludes halogenated alkanes) is 1. The van der Waals surface area contributed by atoms with Gasteiger partial charge in [-0.1, -0.05) is 45.1 Å². The minimum absolute atomic E-state index is 0.296. The maximum atomic E-state index is 6.03. The largest absolute Gasteiger partial charge is 0.413 e. The topological polar surface area (TPSA) is 9.23 Å². The van der Waals surface area contributed by atoms with Crippen LogP contribution >= 0.6 is 11.6 Å². The first-order valence-corrected chi connectivity index (χ1v) is 9.75. The van der Waals surface area contributed by atoms with E-state index in [1.165, 1.54) is 0 Å². The first-order chi connectivity index (χ1) is 7.81. The van der Waals surface area contributed by atoms with Gasteiger partial charge in [-0.25, -0.2) is 0 Å². The Morgan fingerprint density at radius 3 is 2.00 bits per heavy atom. The minimum atomic E-state index is -1.57. The zero-order valence-electron chi connectivity index (χ0n) is 11.9. The van der Waals surface area contributed by atoms with Crippen molar-refractivity contribution in [3.8, 4) is 0 Å². The lowest BCUT2D eigenvalue weighted by Gasteiger charge is -2.35. The van der Waals surface area contributed by atoms with E-state index in [4.69, 9.17) is 16.0 Å². The number of alkyl halides is 1. The second kappa shape index (κ2) is 8.12. The molecule has 0 rings (SSSR count). The molecule has 0 aliphatic carbocycles. The quantitative estimate of drug-likeness (QED) is 0.270. The van der Waals surface area contributed by atoms with E-state index in [0.29, 0.717) is 10.9 Å². The van der Waals surface area contributed by atoms with Gasteiger partial charge in [-0.2, -0.15) is 0 Å². The summed E-state index contributed by atoms with van der Waals surface area (Å²) < 4.78 is 6.03. The summed E-state index contributed by atoms with van der Waals surface area (Å²) in [5.41, 5.74) is 0. The molecule has 0 N–H and O–H groups in total. The third-order valence-corrected chi connectivity index (χ3v) is 7.95. The van der Waals surface area contributed by atoms with E-state index in [1.807, 2.05) is 6.08 Å². The molecular formula is C14H27ClOSi. The van der Waals surface area contributed by atoms with Crippen LogP contribution in [0.1, 0.15) is 33.6 Å². The molecule has 0 radical (unpaired) electrons. The number of hydrogen-bond acceptors (Lipinski definition) is 1. The third kappa shape index (κ3) is 7.80. The van der Waals surface area contributed by atoms with Crippen LogP contribution in [0.2, 0.25) is 18.1 Å². The molecule has 0 fully saturated rings. The van der Waals surface area contributed by atoms with Crippen molar-refractivity contribution in [2.75, 3.05) is 12.5 Å². The first-order valence-electron chi connectivity index (χ1n) is 6.31. The van der Waals surface area contributed by atoms with Crippen molar-refractivity contribution in [2.45, 2.75) is 51.7 Å². The Hall–Kier alpha value is -0.0531. The summed E-state index contributed by atoms with van der Waals surface area (Å²) in [6.07, 6.45) is 10.5. The minimum Gasteiger partial charge on any atom is -0.413 e. The normalized spacial score (nSPS) is 14.0. The number of allylic oxidation sites excluding steroid dienone is 3. The Balaban J connectivity index is 3.77. The molecule has 100 valence electrons. The summed E-state index contributed by atoms with van der Waals surface area (Å²) in [7, 11) is -1.57. The standard InChI is InChI=1S/C14H27ClOSi/c1-14(2,3)17(4,5)16-13-11-9-7-6-8-10-12-15/h8-11H,6-7,12-13H2,1-5H3/b10-8+,11-9+. The summed E-state index contributed by atoms with van der Waals surface area (Å²) in [5, 5.41) is 0.296. The molecule has 0 aliphatic rings. The van der Waals surface area contributed by atoms with Gasteiger partial charge in [-0.05, 0) is 31.0 Å². The molecule has 0 aromatic rings. The average Bonchev–Trinajstić information content (AvgIpc) is 2.20. The maximum Gasteiger partial charge on any atom is 0.192 e. The second-order valence-electron chi connectivity index (χ2n) is 5.75. The fourth-order valence-corrected chi connectivity index (χ4v) is 2.10. The van der Waals surface area contributed by atoms with Gasteiger partial charge >= 0.3 is 0 Å². The van der Waals surface area contributed by atoms with E-state index < -0.39 is 8.32 Å². The monoisotopic (exact) mass is 274 g/mol. The zero-order valence-corrected chi connectivity index (χ0v) is 13.7. The van der Waals surface area contributed by atoms with Gasteiger partial charge in [0.1, 0.15) is 0 Å². The fourth-order valence-electron chi connectivity index (χ4n) is 1.03. The van der Waals surface area contributed by atoms with Crippen molar-refractivity contribution in [1.29, 1.82) is 0 Å². The van der Waals surface area contributed by atoms with Gasteiger partial charge in [-0.3, -0.25) is 0 Å². The highest BCUT2D eigenvalue weighted by molar-refractivity contribution is 6.74. The van der Waals surface area contributed by atoms with Crippen LogP contribution in [0.3, 0.4) is 0 Å². The fraction of sp³-hybridized carbons (Fsp3) is 0.714. The molecule has 0 aromatic carbocycles. The number of rotatable bonds is 7. The lowest BCUT2D eigenvalue weighted by molar-refractivity contribution is 0.327. The van der Waals surface area contributed by atoms with Crippen LogP contribution < -0.4 is 0 Å². The highest BCUT2D eigenvalue weighted by Gasteiger charge is 2.36. The van der Waals surface area contributed by atoms with Crippen molar-refractivity contribution >= 4 is 19.9 Å². The van der Waals surface area contributed by atoms with E-state index in [9.17, 15) is 0 Å². The summed E-state index contributed by atoms with van der Waals surface area (Å²) in [4.78, 5) is 0. The molecular weight excluding hydrogens is 248 g/mol. The van der Waals surface area contributed by atoms with Crippen LogP contribution in [0, 0.1) is 0 Å². The van der Waals surface area contributed by atoms with E-state index in [-0.39, 0.29) is 0 Å². The van der Waals surface area contributed by atoms with Crippen molar-refractivity contribution < 1.29 is 4.43 Å². The van der Waals surface area contributed by atoms with Crippen LogP contribution in [0.4, 0.5) is 0 Å². The summed E-state index contributed by atoms with van der Waals surface area (Å²) >= 11 is 5.54. The number of halogens is 1. The predicted octanol–water partition coefficient (Wildman–Crippen LogP) is 5.14. The zero-order chi connectivity index (χ0) is 13.4. The van der Waals surface area contributed by atoms with Gasteiger partial charge in [-0.15, -0.1) is 11.6 Å². The molecule has 0 atom stereocenters. The van der Waals surface area contributed by atoms with Crippen LogP contribution in [0.15, 0.2) is 24.3 Å². The molecule has 0 bridgehead atoms. The lowest BCUT2D eigenvalue weighted by Crippen LogP contribution is -2.40. The van der Waals surface area contributed by atoms with E-state index in [1.54, 1.807) is 0 Å². The Morgan fingerprint density at radius 1 is 1.00 bits per heavy atom. The third-order valence-electron chi connectivity index (χ3n) is 3.27. The lowest BCUT2D eigenvalue weighted by atomic mass is 10.2. The van der Waals surface area contributed by atoms with E-state index in [2.05, 4.69) is 52.1 Å². The van der Waals surface area contributed by atoms with Crippen molar-refractivity contribution in [1.82, 2.24) is 0 Å². The highest BCUT2D eigenvalue weighted by atomic mass is 35.5. The average molecular weight is 275 g/mol. The Bertz CT molecular complexity index is 251.